The molecule has 1 aromatic carbocycles. The molecule has 0 atom stereocenters. The Bertz CT molecular complexity index is 1120. The maximum atomic E-state index is 13.1. The van der Waals surface area contributed by atoms with E-state index in [2.05, 4.69) is 57.4 Å². The van der Waals surface area contributed by atoms with Crippen molar-refractivity contribution in [2.75, 3.05) is 39.3 Å². The largest absolute Gasteiger partial charge is 0.325 e. The van der Waals surface area contributed by atoms with Crippen LogP contribution in [0.15, 0.2) is 42.6 Å². The lowest BCUT2D eigenvalue weighted by atomic mass is 9.90. The molecule has 0 unspecified atom stereocenters. The molecule has 2 saturated heterocycles. The maximum absolute atomic E-state index is 13.1. The summed E-state index contributed by atoms with van der Waals surface area (Å²) in [6.45, 7) is 5.23. The number of hydrogen-bond acceptors (Lipinski definition) is 2. The fourth-order valence-electron chi connectivity index (χ4n) is 5.28. The summed E-state index contributed by atoms with van der Waals surface area (Å²) in [4.78, 5) is 17.2. The Morgan fingerprint density at radius 1 is 0.970 bits per heavy atom. The molecule has 2 aliphatic heterocycles. The lowest BCUT2D eigenvalue weighted by Gasteiger charge is -2.35. The number of fused-ring (bicyclic) bond motifs is 1. The molecule has 2 fully saturated rings. The van der Waals surface area contributed by atoms with Gasteiger partial charge >= 0.3 is 6.03 Å². The molecular weight excluding hydrogens is 432 g/mol. The van der Waals surface area contributed by atoms with Crippen molar-refractivity contribution in [3.05, 3.63) is 63.8 Å². The second kappa shape index (κ2) is 10.2. The average molecular weight is 465 g/mol. The molecule has 2 amide bonds. The number of allylic oxidation sites excluding steroid dienone is 2. The van der Waals surface area contributed by atoms with E-state index in [1.165, 1.54) is 16.1 Å². The zero-order chi connectivity index (χ0) is 22.6. The zero-order valence-electron chi connectivity index (χ0n) is 19.2. The number of halogens is 1. The minimum Gasteiger partial charge on any atom is -0.325 e. The van der Waals surface area contributed by atoms with Crippen LogP contribution in [-0.4, -0.2) is 59.7 Å². The van der Waals surface area contributed by atoms with Crippen LogP contribution in [0.4, 0.5) is 4.79 Å². The zero-order valence-corrected chi connectivity index (χ0v) is 19.9. The summed E-state index contributed by atoms with van der Waals surface area (Å²) in [5, 5.41) is 6.74. The minimum absolute atomic E-state index is 0.217. The fraction of sp³-hybridized carbons (Fsp3) is 0.444. The van der Waals surface area contributed by atoms with Crippen LogP contribution in [0.5, 0.6) is 0 Å². The first-order valence-electron chi connectivity index (χ1n) is 12.3. The highest BCUT2D eigenvalue weighted by molar-refractivity contribution is 6.30. The van der Waals surface area contributed by atoms with Crippen molar-refractivity contribution in [2.24, 2.45) is 0 Å². The van der Waals surface area contributed by atoms with Gasteiger partial charge < -0.3 is 19.7 Å². The molecule has 1 aromatic heterocycles. The van der Waals surface area contributed by atoms with Gasteiger partial charge in [-0.05, 0) is 74.4 Å². The lowest BCUT2D eigenvalue weighted by Crippen LogP contribution is -2.47. The Kier molecular flexibility index (Phi) is 6.88. The predicted molar refractivity (Wildman–Crippen MR) is 135 cm³/mol. The molecule has 33 heavy (non-hydrogen) atoms. The summed E-state index contributed by atoms with van der Waals surface area (Å²) >= 11 is 6.15. The van der Waals surface area contributed by atoms with E-state index in [0.29, 0.717) is 5.92 Å². The summed E-state index contributed by atoms with van der Waals surface area (Å²) in [5.41, 5.74) is 2.53. The van der Waals surface area contributed by atoms with Gasteiger partial charge in [-0.15, -0.1) is 0 Å². The van der Waals surface area contributed by atoms with Gasteiger partial charge in [0.15, 0.2) is 0 Å². The Morgan fingerprint density at radius 2 is 1.76 bits per heavy atom. The van der Waals surface area contributed by atoms with Gasteiger partial charge in [0.1, 0.15) is 0 Å². The summed E-state index contributed by atoms with van der Waals surface area (Å²) in [7, 11) is 0. The standard InChI is InChI=1S/C27H33ClN4O/c28-22-8-10-23(11-9-22)32-20-25(24-6-3-1-2-4-7-26(24)32)21-12-17-31(18-13-21)27(33)30-16-5-14-29-15-19-30/h1,3,6-11,20-21,29H,2,4-5,12-19H2/b3-1-,24-6-,26-7-. The van der Waals surface area contributed by atoms with E-state index >= 15 is 0 Å². The first-order chi connectivity index (χ1) is 16.2. The van der Waals surface area contributed by atoms with E-state index in [1.54, 1.807) is 0 Å². The van der Waals surface area contributed by atoms with Crippen molar-refractivity contribution in [1.82, 2.24) is 19.7 Å². The van der Waals surface area contributed by atoms with Crippen molar-refractivity contribution >= 4 is 29.8 Å². The third-order valence-electron chi connectivity index (χ3n) is 7.11. The van der Waals surface area contributed by atoms with E-state index in [-0.39, 0.29) is 6.03 Å². The number of urea groups is 1. The molecular formula is C27H33ClN4O. The average Bonchev–Trinajstić information content (AvgIpc) is 2.99. The van der Waals surface area contributed by atoms with Gasteiger partial charge in [-0.2, -0.15) is 0 Å². The molecule has 1 aliphatic carbocycles. The topological polar surface area (TPSA) is 40.5 Å². The monoisotopic (exact) mass is 464 g/mol. The van der Waals surface area contributed by atoms with E-state index < -0.39 is 0 Å². The highest BCUT2D eigenvalue weighted by Gasteiger charge is 2.28. The van der Waals surface area contributed by atoms with E-state index in [1.807, 2.05) is 17.0 Å². The summed E-state index contributed by atoms with van der Waals surface area (Å²) < 4.78 is 2.32. The molecule has 6 heteroatoms. The molecule has 0 spiro atoms. The molecule has 0 saturated carbocycles. The molecule has 0 radical (unpaired) electrons. The number of nitrogens with zero attached hydrogens (tertiary/aromatic N) is 3. The first kappa shape index (κ1) is 22.3. The van der Waals surface area contributed by atoms with E-state index in [9.17, 15) is 4.79 Å². The number of rotatable bonds is 2. The van der Waals surface area contributed by atoms with E-state index in [0.717, 1.165) is 82.1 Å². The molecule has 174 valence electrons. The van der Waals surface area contributed by atoms with Crippen molar-refractivity contribution in [3.8, 4) is 5.69 Å². The number of piperidine rings is 1. The normalized spacial score (nSPS) is 22.7. The molecule has 0 bridgehead atoms. The second-order valence-electron chi connectivity index (χ2n) is 9.24. The fourth-order valence-corrected chi connectivity index (χ4v) is 5.41. The summed E-state index contributed by atoms with van der Waals surface area (Å²) in [6.07, 6.45) is 16.5. The SMILES string of the molecule is O=C(N1CCCNCC1)N1CCC(c2cn(-c3ccc(Cl)cc3)c3/c2=C\C=C/CC/C=3)CC1. The van der Waals surface area contributed by atoms with Gasteiger partial charge in [0.25, 0.3) is 0 Å². The number of carbonyl (C=O) groups is 1. The Hall–Kier alpha value is -2.50. The first-order valence-corrected chi connectivity index (χ1v) is 12.7. The van der Waals surface area contributed by atoms with Gasteiger partial charge in [0, 0.05) is 60.2 Å². The number of hydrogen-bond donors (Lipinski definition) is 1. The van der Waals surface area contributed by atoms with Crippen LogP contribution in [0.2, 0.25) is 5.02 Å². The van der Waals surface area contributed by atoms with Crippen LogP contribution in [0.25, 0.3) is 17.8 Å². The lowest BCUT2D eigenvalue weighted by molar-refractivity contribution is 0.142. The molecule has 1 N–H and O–H groups in total. The number of carbonyl (C=O) groups excluding carboxylic acids is 1. The van der Waals surface area contributed by atoms with Crippen molar-refractivity contribution < 1.29 is 4.79 Å². The Morgan fingerprint density at radius 3 is 2.58 bits per heavy atom. The van der Waals surface area contributed by atoms with Gasteiger partial charge in [0.05, 0.1) is 0 Å². The number of nitrogens with one attached hydrogen (secondary N) is 1. The number of likely N-dealkylation sites (tertiary alicyclic amines) is 1. The van der Waals surface area contributed by atoms with Crippen LogP contribution in [0.1, 0.15) is 43.6 Å². The molecule has 2 aromatic rings. The van der Waals surface area contributed by atoms with E-state index in [4.69, 9.17) is 11.6 Å². The molecule has 3 heterocycles. The number of benzene rings is 1. The van der Waals surface area contributed by atoms with Gasteiger partial charge in [0.2, 0.25) is 0 Å². The second-order valence-corrected chi connectivity index (χ2v) is 9.68. The van der Waals surface area contributed by atoms with Crippen LogP contribution in [-0.2, 0) is 0 Å². The highest BCUT2D eigenvalue weighted by Crippen LogP contribution is 2.27. The van der Waals surface area contributed by atoms with Crippen LogP contribution >= 0.6 is 11.6 Å². The summed E-state index contributed by atoms with van der Waals surface area (Å²) in [5.74, 6) is 0.458. The van der Waals surface area contributed by atoms with Crippen LogP contribution in [0, 0.1) is 0 Å². The van der Waals surface area contributed by atoms with Gasteiger partial charge in [-0.1, -0.05) is 35.9 Å². The predicted octanol–water partition coefficient (Wildman–Crippen LogP) is 3.64. The minimum atomic E-state index is 0.217. The maximum Gasteiger partial charge on any atom is 0.320 e. The van der Waals surface area contributed by atoms with Crippen molar-refractivity contribution in [3.63, 3.8) is 0 Å². The van der Waals surface area contributed by atoms with Gasteiger partial charge in [-0.25, -0.2) is 4.79 Å². The Labute approximate surface area is 201 Å². The smallest absolute Gasteiger partial charge is 0.320 e. The van der Waals surface area contributed by atoms with Gasteiger partial charge in [-0.3, -0.25) is 0 Å². The summed E-state index contributed by atoms with van der Waals surface area (Å²) in [6, 6.07) is 8.31. The van der Waals surface area contributed by atoms with Crippen LogP contribution in [0.3, 0.4) is 0 Å². The third-order valence-corrected chi connectivity index (χ3v) is 7.36. The number of amides is 2. The molecule has 5 nitrogen and oxygen atoms in total. The highest BCUT2D eigenvalue weighted by atomic mass is 35.5. The quantitative estimate of drug-likeness (QED) is 0.737. The molecule has 3 aliphatic rings. The third kappa shape index (κ3) is 4.90. The molecule has 5 rings (SSSR count). The van der Waals surface area contributed by atoms with Crippen molar-refractivity contribution in [1.29, 1.82) is 0 Å². The number of aromatic nitrogens is 1. The Balaban J connectivity index is 1.40. The van der Waals surface area contributed by atoms with Crippen LogP contribution < -0.4 is 15.9 Å². The van der Waals surface area contributed by atoms with Crippen molar-refractivity contribution in [2.45, 2.75) is 38.0 Å².